The van der Waals surface area contributed by atoms with Crippen LogP contribution >= 0.6 is 92.8 Å². The molecule has 6 atom stereocenters. The van der Waals surface area contributed by atoms with Crippen LogP contribution in [0.3, 0.4) is 0 Å². The molecule has 0 radical (unpaired) electrons. The number of rotatable bonds is 0. The zero-order valence-electron chi connectivity index (χ0n) is 8.54. The third-order valence-corrected chi connectivity index (χ3v) is 9.79. The van der Waals surface area contributed by atoms with Crippen LogP contribution in [-0.4, -0.2) is 24.8 Å². The van der Waals surface area contributed by atoms with Gasteiger partial charge in [-0.1, -0.05) is 46.4 Å². The summed E-state index contributed by atoms with van der Waals surface area (Å²) < 4.78 is -1.50. The zero-order valence-corrected chi connectivity index (χ0v) is 14.6. The number of allylic oxidation sites excluding steroid dienone is 2. The Bertz CT molecular complexity index is 459. The summed E-state index contributed by atoms with van der Waals surface area (Å²) in [6.45, 7) is 0. The normalized spacial score (nSPS) is 57.3. The second-order valence-corrected chi connectivity index (χ2v) is 9.29. The van der Waals surface area contributed by atoms with Crippen molar-refractivity contribution < 1.29 is 0 Å². The average molecular weight is 410 g/mol. The van der Waals surface area contributed by atoms with Crippen molar-refractivity contribution >= 4 is 92.8 Å². The largest absolute Gasteiger partial charge is 0.166 e. The number of fused-ring (bicyclic) bond motifs is 5. The van der Waals surface area contributed by atoms with Crippen LogP contribution in [-0.2, 0) is 0 Å². The van der Waals surface area contributed by atoms with Crippen LogP contribution in [0.4, 0.5) is 0 Å². The van der Waals surface area contributed by atoms with Gasteiger partial charge in [-0.3, -0.25) is 0 Å². The van der Waals surface area contributed by atoms with Crippen molar-refractivity contribution in [2.75, 3.05) is 0 Å². The standard InChI is InChI=1S/C10H6Cl8/c11-3-1-2-4(5(3)12)9(16)7(14)6(13)8(2,15)10(9,17)18/h2-5H,1H2/t2-,3+,4-,5-,8+,9-/m0/s1. The second kappa shape index (κ2) is 4.07. The van der Waals surface area contributed by atoms with E-state index in [0.717, 1.165) is 0 Å². The molecule has 0 saturated heterocycles. The fourth-order valence-electron chi connectivity index (χ4n) is 3.48. The zero-order chi connectivity index (χ0) is 13.7. The molecule has 18 heavy (non-hydrogen) atoms. The number of hydrogen-bond donors (Lipinski definition) is 0. The minimum Gasteiger partial charge on any atom is -0.121 e. The Morgan fingerprint density at radius 2 is 1.39 bits per heavy atom. The molecular formula is C10H6Cl8. The van der Waals surface area contributed by atoms with Gasteiger partial charge in [0.25, 0.3) is 0 Å². The van der Waals surface area contributed by atoms with Gasteiger partial charge in [-0.2, -0.15) is 0 Å². The SMILES string of the molecule is ClC1=C(Cl)[C@]2(Cl)[C@H]3C[C@@H](Cl)[C@H](Cl)[C@H]3[C@@]1(Cl)C2(Cl)Cl. The molecule has 2 saturated carbocycles. The first-order chi connectivity index (χ1) is 8.11. The topological polar surface area (TPSA) is 0 Å². The first-order valence-corrected chi connectivity index (χ1v) is 8.35. The highest BCUT2D eigenvalue weighted by Crippen LogP contribution is 2.79. The van der Waals surface area contributed by atoms with E-state index in [4.69, 9.17) is 92.8 Å². The summed E-state index contributed by atoms with van der Waals surface area (Å²) >= 11 is 51.0. The van der Waals surface area contributed by atoms with Crippen LogP contribution in [0.15, 0.2) is 10.1 Å². The second-order valence-electron chi connectivity index (χ2n) is 4.95. The van der Waals surface area contributed by atoms with Gasteiger partial charge in [0.05, 0.1) is 20.8 Å². The minimum absolute atomic E-state index is 0.184. The molecular weight excluding hydrogens is 404 g/mol. The van der Waals surface area contributed by atoms with Crippen LogP contribution in [0.1, 0.15) is 6.42 Å². The average Bonchev–Trinajstić information content (AvgIpc) is 2.69. The maximum atomic E-state index is 6.62. The number of hydrogen-bond acceptors (Lipinski definition) is 0. The molecule has 0 N–H and O–H groups in total. The molecule has 102 valence electrons. The molecule has 3 aliphatic rings. The van der Waals surface area contributed by atoms with Crippen LogP contribution < -0.4 is 0 Å². The molecule has 2 fully saturated rings. The third kappa shape index (κ3) is 1.28. The summed E-state index contributed by atoms with van der Waals surface area (Å²) in [5.74, 6) is -0.488. The van der Waals surface area contributed by atoms with Gasteiger partial charge in [0.15, 0.2) is 4.33 Å². The summed E-state index contributed by atoms with van der Waals surface area (Å²) in [7, 11) is 0. The van der Waals surface area contributed by atoms with E-state index in [9.17, 15) is 0 Å². The van der Waals surface area contributed by atoms with Gasteiger partial charge in [0.2, 0.25) is 0 Å². The van der Waals surface area contributed by atoms with E-state index in [-0.39, 0.29) is 27.3 Å². The van der Waals surface area contributed by atoms with Crippen molar-refractivity contribution in [2.24, 2.45) is 11.8 Å². The molecule has 0 spiro atoms. The molecule has 0 amide bonds. The maximum Gasteiger partial charge on any atom is 0.166 e. The van der Waals surface area contributed by atoms with E-state index in [1.807, 2.05) is 0 Å². The van der Waals surface area contributed by atoms with E-state index in [1.165, 1.54) is 0 Å². The Labute approximate surface area is 145 Å². The van der Waals surface area contributed by atoms with E-state index in [0.29, 0.717) is 6.42 Å². The maximum absolute atomic E-state index is 6.62. The summed E-state index contributed by atoms with van der Waals surface area (Å²) in [4.78, 5) is -2.50. The van der Waals surface area contributed by atoms with Gasteiger partial charge in [-0.25, -0.2) is 0 Å². The van der Waals surface area contributed by atoms with Gasteiger partial charge in [0, 0.05) is 5.92 Å². The lowest BCUT2D eigenvalue weighted by Gasteiger charge is -2.35. The van der Waals surface area contributed by atoms with E-state index < -0.39 is 19.5 Å². The van der Waals surface area contributed by atoms with Crippen molar-refractivity contribution in [3.63, 3.8) is 0 Å². The summed E-state index contributed by atoms with van der Waals surface area (Å²) in [6, 6.07) is 0. The van der Waals surface area contributed by atoms with Crippen molar-refractivity contribution in [3.8, 4) is 0 Å². The minimum atomic E-state index is -1.50. The Balaban J connectivity index is 2.26. The molecule has 8 heteroatoms. The van der Waals surface area contributed by atoms with Crippen molar-refractivity contribution in [3.05, 3.63) is 10.1 Å². The molecule has 3 aliphatic carbocycles. The molecule has 0 aliphatic heterocycles. The lowest BCUT2D eigenvalue weighted by molar-refractivity contribution is 0.385. The quantitative estimate of drug-likeness (QED) is 0.451. The number of alkyl halides is 6. The smallest absolute Gasteiger partial charge is 0.121 e. The van der Waals surface area contributed by atoms with Gasteiger partial charge < -0.3 is 0 Å². The predicted octanol–water partition coefficient (Wildman–Crippen LogP) is 5.68. The van der Waals surface area contributed by atoms with Crippen molar-refractivity contribution in [2.45, 2.75) is 31.3 Å². The van der Waals surface area contributed by atoms with Gasteiger partial charge in [0.1, 0.15) is 9.75 Å². The van der Waals surface area contributed by atoms with E-state index in [1.54, 1.807) is 0 Å². The van der Waals surface area contributed by atoms with E-state index in [2.05, 4.69) is 0 Å². The molecule has 2 bridgehead atoms. The third-order valence-electron chi connectivity index (χ3n) is 4.32. The lowest BCUT2D eigenvalue weighted by atomic mass is 9.84. The Kier molecular flexibility index (Phi) is 3.39. The van der Waals surface area contributed by atoms with Crippen molar-refractivity contribution in [1.82, 2.24) is 0 Å². The summed E-state index contributed by atoms with van der Waals surface area (Å²) in [5.41, 5.74) is 0. The first-order valence-electron chi connectivity index (χ1n) is 5.21. The fourth-order valence-corrected chi connectivity index (χ4v) is 7.46. The highest BCUT2D eigenvalue weighted by molar-refractivity contribution is 6.66. The van der Waals surface area contributed by atoms with Crippen LogP contribution in [0, 0.1) is 11.8 Å². The summed E-state index contributed by atoms with van der Waals surface area (Å²) in [6.07, 6.45) is 0.555. The molecule has 0 unspecified atom stereocenters. The van der Waals surface area contributed by atoms with Crippen LogP contribution in [0.25, 0.3) is 0 Å². The van der Waals surface area contributed by atoms with Gasteiger partial charge in [-0.05, 0) is 12.3 Å². The van der Waals surface area contributed by atoms with Crippen molar-refractivity contribution in [1.29, 1.82) is 0 Å². The Morgan fingerprint density at radius 1 is 0.889 bits per heavy atom. The molecule has 0 nitrogen and oxygen atoms in total. The molecule has 0 aromatic heterocycles. The molecule has 0 aromatic carbocycles. The highest BCUT2D eigenvalue weighted by atomic mass is 35.5. The number of halogens is 8. The fraction of sp³-hybridized carbons (Fsp3) is 0.800. The molecule has 0 aromatic rings. The van der Waals surface area contributed by atoms with E-state index >= 15 is 0 Å². The first kappa shape index (κ1) is 15.0. The molecule has 0 heterocycles. The summed E-state index contributed by atoms with van der Waals surface area (Å²) in [5, 5.41) is -0.259. The van der Waals surface area contributed by atoms with Gasteiger partial charge >= 0.3 is 0 Å². The monoisotopic (exact) mass is 406 g/mol. The lowest BCUT2D eigenvalue weighted by Crippen LogP contribution is -2.47. The van der Waals surface area contributed by atoms with Crippen LogP contribution in [0.2, 0.25) is 0 Å². The Hall–Kier alpha value is 2.06. The Morgan fingerprint density at radius 3 is 1.94 bits per heavy atom. The van der Waals surface area contributed by atoms with Gasteiger partial charge in [-0.15, -0.1) is 46.4 Å². The molecule has 3 rings (SSSR count). The van der Waals surface area contributed by atoms with Crippen LogP contribution in [0.5, 0.6) is 0 Å². The highest BCUT2D eigenvalue weighted by Gasteiger charge is 2.84. The predicted molar refractivity (Wildman–Crippen MR) is 81.2 cm³/mol.